The molecular formula is C28H47N2S+. The van der Waals surface area contributed by atoms with Gasteiger partial charge in [-0.2, -0.15) is 0 Å². The Bertz CT molecular complexity index is 665. The Morgan fingerprint density at radius 2 is 1.29 bits per heavy atom. The van der Waals surface area contributed by atoms with Crippen LogP contribution in [0.4, 0.5) is 0 Å². The SMILES string of the molecule is CCCCCCCCCCCCn1cc[n+](CSCCCCCC)c1-c1ccccc1. The van der Waals surface area contributed by atoms with Gasteiger partial charge in [-0.3, -0.25) is 0 Å². The minimum atomic E-state index is 1.06. The summed E-state index contributed by atoms with van der Waals surface area (Å²) in [6.45, 7) is 5.71. The fourth-order valence-corrected chi connectivity index (χ4v) is 5.18. The molecule has 0 bridgehead atoms. The average Bonchev–Trinajstić information content (AvgIpc) is 3.20. The fraction of sp³-hybridized carbons (Fsp3) is 0.679. The maximum Gasteiger partial charge on any atom is 0.289 e. The molecule has 0 N–H and O–H groups in total. The highest BCUT2D eigenvalue weighted by Crippen LogP contribution is 2.19. The highest BCUT2D eigenvalue weighted by molar-refractivity contribution is 7.98. The zero-order valence-electron chi connectivity index (χ0n) is 20.4. The lowest BCUT2D eigenvalue weighted by molar-refractivity contribution is -0.664. The molecule has 2 nitrogen and oxygen atoms in total. The first kappa shape index (κ1) is 26.0. The Morgan fingerprint density at radius 3 is 1.94 bits per heavy atom. The lowest BCUT2D eigenvalue weighted by atomic mass is 10.1. The van der Waals surface area contributed by atoms with Crippen molar-refractivity contribution >= 4 is 11.8 Å². The molecule has 0 saturated carbocycles. The van der Waals surface area contributed by atoms with Gasteiger partial charge in [-0.15, -0.1) is 11.8 Å². The molecular weight excluding hydrogens is 396 g/mol. The number of rotatable bonds is 19. The summed E-state index contributed by atoms with van der Waals surface area (Å²) in [5.41, 5.74) is 1.34. The predicted octanol–water partition coefficient (Wildman–Crippen LogP) is 8.63. The number of nitrogens with zero attached hydrogens (tertiary/aromatic N) is 2. The van der Waals surface area contributed by atoms with E-state index in [4.69, 9.17) is 0 Å². The van der Waals surface area contributed by atoms with E-state index in [9.17, 15) is 0 Å². The first-order chi connectivity index (χ1) is 15.4. The molecule has 3 heteroatoms. The van der Waals surface area contributed by atoms with E-state index in [1.54, 1.807) is 0 Å². The summed E-state index contributed by atoms with van der Waals surface area (Å²) < 4.78 is 4.94. The molecule has 0 radical (unpaired) electrons. The van der Waals surface area contributed by atoms with Gasteiger partial charge in [0.15, 0.2) is 0 Å². The molecule has 0 saturated heterocycles. The highest BCUT2D eigenvalue weighted by Gasteiger charge is 2.18. The summed E-state index contributed by atoms with van der Waals surface area (Å²) in [5, 5.41) is 0. The molecule has 0 unspecified atom stereocenters. The van der Waals surface area contributed by atoms with Gasteiger partial charge >= 0.3 is 0 Å². The summed E-state index contributed by atoms with van der Waals surface area (Å²) in [7, 11) is 0. The number of benzene rings is 1. The topological polar surface area (TPSA) is 8.81 Å². The number of aromatic nitrogens is 2. The van der Waals surface area contributed by atoms with Crippen LogP contribution in [-0.2, 0) is 12.4 Å². The van der Waals surface area contributed by atoms with Gasteiger partial charge in [0, 0.05) is 0 Å². The summed E-state index contributed by atoms with van der Waals surface area (Å²) in [4.78, 5) is 0. The average molecular weight is 444 g/mol. The van der Waals surface area contributed by atoms with Crippen LogP contribution in [0.15, 0.2) is 42.7 Å². The van der Waals surface area contributed by atoms with E-state index < -0.39 is 0 Å². The molecule has 2 aromatic rings. The van der Waals surface area contributed by atoms with E-state index in [1.165, 1.54) is 107 Å². The van der Waals surface area contributed by atoms with E-state index in [2.05, 4.69) is 77.5 Å². The van der Waals surface area contributed by atoms with Gasteiger partial charge in [0.25, 0.3) is 5.82 Å². The molecule has 31 heavy (non-hydrogen) atoms. The summed E-state index contributed by atoms with van der Waals surface area (Å²) in [6.07, 6.45) is 24.0. The normalized spacial score (nSPS) is 11.3. The van der Waals surface area contributed by atoms with E-state index in [1.807, 2.05) is 0 Å². The largest absolute Gasteiger partial charge is 0.289 e. The molecule has 0 aliphatic heterocycles. The molecule has 1 heterocycles. The van der Waals surface area contributed by atoms with Crippen molar-refractivity contribution in [1.82, 2.24) is 4.57 Å². The minimum Gasteiger partial charge on any atom is -0.230 e. The van der Waals surface area contributed by atoms with Crippen LogP contribution in [0.25, 0.3) is 11.4 Å². The maximum absolute atomic E-state index is 2.48. The van der Waals surface area contributed by atoms with Crippen molar-refractivity contribution in [3.05, 3.63) is 42.7 Å². The number of aryl methyl sites for hydroxylation is 1. The first-order valence-corrected chi connectivity index (χ1v) is 14.2. The Hall–Kier alpha value is -1.22. The maximum atomic E-state index is 2.48. The van der Waals surface area contributed by atoms with Crippen LogP contribution in [-0.4, -0.2) is 10.3 Å². The van der Waals surface area contributed by atoms with Crippen molar-refractivity contribution in [3.63, 3.8) is 0 Å². The van der Waals surface area contributed by atoms with Gasteiger partial charge in [0.1, 0.15) is 18.3 Å². The molecule has 0 spiro atoms. The van der Waals surface area contributed by atoms with Crippen molar-refractivity contribution in [2.75, 3.05) is 5.75 Å². The summed E-state index contributed by atoms with van der Waals surface area (Å²) >= 11 is 2.07. The number of imidazole rings is 1. The second-order valence-electron chi connectivity index (χ2n) is 8.93. The Morgan fingerprint density at radius 1 is 0.710 bits per heavy atom. The summed E-state index contributed by atoms with van der Waals surface area (Å²) in [6, 6.07) is 11.0. The Kier molecular flexibility index (Phi) is 14.6. The smallest absolute Gasteiger partial charge is 0.230 e. The quantitative estimate of drug-likeness (QED) is 0.156. The number of thioether (sulfide) groups is 1. The standard InChI is InChI=1S/C28H47N2S/c1-3-5-7-9-10-11-12-13-14-18-22-29-23-24-30(26-31-25-19-8-6-4-2)28(29)27-20-16-15-17-21-27/h15-17,20-21,23-24H,3-14,18-19,22,25-26H2,1-2H3/q+1. The van der Waals surface area contributed by atoms with Crippen molar-refractivity contribution in [2.24, 2.45) is 0 Å². The van der Waals surface area contributed by atoms with Crippen molar-refractivity contribution in [2.45, 2.75) is 116 Å². The number of hydrogen-bond acceptors (Lipinski definition) is 1. The molecule has 1 aromatic heterocycles. The van der Waals surface area contributed by atoms with Gasteiger partial charge < -0.3 is 0 Å². The molecule has 174 valence electrons. The third kappa shape index (κ3) is 10.8. The monoisotopic (exact) mass is 443 g/mol. The highest BCUT2D eigenvalue weighted by atomic mass is 32.2. The Balaban J connectivity index is 1.77. The summed E-state index contributed by atoms with van der Waals surface area (Å²) in [5.74, 6) is 3.70. The fourth-order valence-electron chi connectivity index (χ4n) is 4.23. The van der Waals surface area contributed by atoms with Gasteiger partial charge in [0.05, 0.1) is 12.1 Å². The third-order valence-electron chi connectivity index (χ3n) is 6.13. The van der Waals surface area contributed by atoms with Gasteiger partial charge in [0.2, 0.25) is 0 Å². The van der Waals surface area contributed by atoms with Crippen LogP contribution in [0.3, 0.4) is 0 Å². The molecule has 1 aromatic carbocycles. The van der Waals surface area contributed by atoms with Crippen LogP contribution in [0.1, 0.15) is 104 Å². The van der Waals surface area contributed by atoms with Crippen molar-refractivity contribution in [1.29, 1.82) is 0 Å². The van der Waals surface area contributed by atoms with E-state index in [0.29, 0.717) is 0 Å². The van der Waals surface area contributed by atoms with Crippen LogP contribution >= 0.6 is 11.8 Å². The zero-order valence-corrected chi connectivity index (χ0v) is 21.2. The van der Waals surface area contributed by atoms with Gasteiger partial charge in [-0.1, -0.05) is 103 Å². The lowest BCUT2D eigenvalue weighted by Gasteiger charge is -2.06. The molecule has 0 atom stereocenters. The molecule has 2 rings (SSSR count). The second kappa shape index (κ2) is 17.3. The van der Waals surface area contributed by atoms with Gasteiger partial charge in [-0.25, -0.2) is 9.13 Å². The molecule has 0 amide bonds. The van der Waals surface area contributed by atoms with Crippen LogP contribution in [0, 0.1) is 0 Å². The van der Waals surface area contributed by atoms with Crippen LogP contribution < -0.4 is 4.57 Å². The predicted molar refractivity (Wildman–Crippen MR) is 139 cm³/mol. The Labute approximate surface area is 196 Å². The van der Waals surface area contributed by atoms with E-state index in [-0.39, 0.29) is 0 Å². The third-order valence-corrected chi connectivity index (χ3v) is 7.17. The first-order valence-electron chi connectivity index (χ1n) is 13.1. The van der Waals surface area contributed by atoms with E-state index >= 15 is 0 Å². The minimum absolute atomic E-state index is 1.06. The number of unbranched alkanes of at least 4 members (excludes halogenated alkanes) is 12. The van der Waals surface area contributed by atoms with Crippen LogP contribution in [0.2, 0.25) is 0 Å². The van der Waals surface area contributed by atoms with Crippen LogP contribution in [0.5, 0.6) is 0 Å². The van der Waals surface area contributed by atoms with Crippen molar-refractivity contribution < 1.29 is 4.57 Å². The molecule has 0 fully saturated rings. The van der Waals surface area contributed by atoms with Crippen molar-refractivity contribution in [3.8, 4) is 11.4 Å². The molecule has 0 aliphatic carbocycles. The van der Waals surface area contributed by atoms with E-state index in [0.717, 1.165) is 12.4 Å². The zero-order chi connectivity index (χ0) is 22.0. The molecule has 0 aliphatic rings. The lowest BCUT2D eigenvalue weighted by Crippen LogP contribution is -2.33. The second-order valence-corrected chi connectivity index (χ2v) is 10.0. The number of hydrogen-bond donors (Lipinski definition) is 0. The van der Waals surface area contributed by atoms with Gasteiger partial charge in [-0.05, 0) is 37.1 Å².